The van der Waals surface area contributed by atoms with E-state index in [1.807, 2.05) is 12.1 Å². The number of hydrogen-bond acceptors (Lipinski definition) is 1. The summed E-state index contributed by atoms with van der Waals surface area (Å²) in [4.78, 5) is 0. The van der Waals surface area contributed by atoms with Crippen molar-refractivity contribution >= 4 is 0 Å². The molecule has 0 aromatic heterocycles. The number of benzene rings is 1. The van der Waals surface area contributed by atoms with Gasteiger partial charge in [0.05, 0.1) is 11.6 Å². The van der Waals surface area contributed by atoms with E-state index in [4.69, 9.17) is 5.26 Å². The van der Waals surface area contributed by atoms with Crippen molar-refractivity contribution in [1.29, 1.82) is 5.26 Å². The van der Waals surface area contributed by atoms with Gasteiger partial charge in [-0.2, -0.15) is 5.26 Å². The SMILES string of the molecule is C=C[C@H]1CC[C@H](C2CCC(c3ccc(C#N)cc3)CC2)CC1. The van der Waals surface area contributed by atoms with Crippen LogP contribution in [0.15, 0.2) is 36.9 Å². The molecule has 1 aromatic carbocycles. The maximum atomic E-state index is 8.90. The van der Waals surface area contributed by atoms with Gasteiger partial charge in [0.25, 0.3) is 0 Å². The van der Waals surface area contributed by atoms with Crippen molar-refractivity contribution in [2.24, 2.45) is 17.8 Å². The van der Waals surface area contributed by atoms with Crippen LogP contribution in [-0.4, -0.2) is 0 Å². The summed E-state index contributed by atoms with van der Waals surface area (Å²) in [6.45, 7) is 3.96. The van der Waals surface area contributed by atoms with Crippen LogP contribution in [0.4, 0.5) is 0 Å². The summed E-state index contributed by atoms with van der Waals surface area (Å²) in [5, 5.41) is 8.90. The van der Waals surface area contributed by atoms with Gasteiger partial charge in [0.1, 0.15) is 0 Å². The minimum Gasteiger partial charge on any atom is -0.192 e. The first-order valence-electron chi connectivity index (χ1n) is 8.92. The first kappa shape index (κ1) is 15.3. The van der Waals surface area contributed by atoms with Gasteiger partial charge in [0, 0.05) is 0 Å². The molecule has 0 N–H and O–H groups in total. The topological polar surface area (TPSA) is 23.8 Å². The van der Waals surface area contributed by atoms with Gasteiger partial charge < -0.3 is 0 Å². The summed E-state index contributed by atoms with van der Waals surface area (Å²) in [6.07, 6.45) is 13.2. The highest BCUT2D eigenvalue weighted by Crippen LogP contribution is 2.43. The van der Waals surface area contributed by atoms with Crippen LogP contribution in [0.5, 0.6) is 0 Å². The van der Waals surface area contributed by atoms with E-state index in [9.17, 15) is 0 Å². The molecule has 2 aliphatic carbocycles. The van der Waals surface area contributed by atoms with Gasteiger partial charge in [0.2, 0.25) is 0 Å². The van der Waals surface area contributed by atoms with Crippen molar-refractivity contribution in [2.75, 3.05) is 0 Å². The monoisotopic (exact) mass is 293 g/mol. The summed E-state index contributed by atoms with van der Waals surface area (Å²) < 4.78 is 0. The lowest BCUT2D eigenvalue weighted by molar-refractivity contribution is 0.171. The van der Waals surface area contributed by atoms with Crippen LogP contribution in [0.3, 0.4) is 0 Å². The van der Waals surface area contributed by atoms with E-state index in [0.717, 1.165) is 23.3 Å². The highest BCUT2D eigenvalue weighted by atomic mass is 14.4. The van der Waals surface area contributed by atoms with Crippen molar-refractivity contribution in [1.82, 2.24) is 0 Å². The Bertz CT molecular complexity index is 520. The number of rotatable bonds is 3. The van der Waals surface area contributed by atoms with Gasteiger partial charge >= 0.3 is 0 Å². The first-order chi connectivity index (χ1) is 10.8. The number of hydrogen-bond donors (Lipinski definition) is 0. The van der Waals surface area contributed by atoms with Gasteiger partial charge in [0.15, 0.2) is 0 Å². The fraction of sp³-hybridized carbons (Fsp3) is 0.571. The molecular weight excluding hydrogens is 266 g/mol. The summed E-state index contributed by atoms with van der Waals surface area (Å²) in [5.74, 6) is 3.43. The lowest BCUT2D eigenvalue weighted by atomic mass is 9.68. The minimum atomic E-state index is 0.716. The Morgan fingerprint density at radius 2 is 1.41 bits per heavy atom. The molecule has 2 fully saturated rings. The third-order valence-electron chi connectivity index (χ3n) is 6.10. The van der Waals surface area contributed by atoms with Crippen LogP contribution in [0.2, 0.25) is 0 Å². The Labute approximate surface area is 135 Å². The van der Waals surface area contributed by atoms with Crippen LogP contribution in [-0.2, 0) is 0 Å². The molecule has 0 bridgehead atoms. The van der Waals surface area contributed by atoms with Crippen LogP contribution in [0.1, 0.15) is 68.4 Å². The van der Waals surface area contributed by atoms with E-state index in [2.05, 4.69) is 30.9 Å². The second kappa shape index (κ2) is 7.14. The summed E-state index contributed by atoms with van der Waals surface area (Å²) in [6, 6.07) is 10.5. The summed E-state index contributed by atoms with van der Waals surface area (Å²) in [7, 11) is 0. The number of nitrogens with zero attached hydrogens (tertiary/aromatic N) is 1. The van der Waals surface area contributed by atoms with E-state index in [1.165, 1.54) is 56.9 Å². The highest BCUT2D eigenvalue weighted by molar-refractivity contribution is 5.33. The number of nitriles is 1. The van der Waals surface area contributed by atoms with Crippen LogP contribution in [0, 0.1) is 29.1 Å². The molecule has 0 spiro atoms. The molecule has 22 heavy (non-hydrogen) atoms. The molecule has 0 saturated heterocycles. The zero-order chi connectivity index (χ0) is 15.4. The van der Waals surface area contributed by atoms with Crippen molar-refractivity contribution in [3.05, 3.63) is 48.0 Å². The van der Waals surface area contributed by atoms with E-state index in [-0.39, 0.29) is 0 Å². The largest absolute Gasteiger partial charge is 0.192 e. The zero-order valence-corrected chi connectivity index (χ0v) is 13.5. The Morgan fingerprint density at radius 1 is 0.864 bits per heavy atom. The van der Waals surface area contributed by atoms with E-state index >= 15 is 0 Å². The molecule has 1 heteroatoms. The Balaban J connectivity index is 1.52. The maximum Gasteiger partial charge on any atom is 0.0991 e. The number of allylic oxidation sites excluding steroid dienone is 1. The molecule has 0 heterocycles. The van der Waals surface area contributed by atoms with Gasteiger partial charge in [-0.1, -0.05) is 18.2 Å². The lowest BCUT2D eigenvalue weighted by Crippen LogP contribution is -2.25. The van der Waals surface area contributed by atoms with Crippen molar-refractivity contribution in [3.8, 4) is 6.07 Å². The Morgan fingerprint density at radius 3 is 1.91 bits per heavy atom. The van der Waals surface area contributed by atoms with Gasteiger partial charge in [-0.3, -0.25) is 0 Å². The molecule has 2 aliphatic rings. The van der Waals surface area contributed by atoms with E-state index in [1.54, 1.807) is 0 Å². The normalized spacial score (nSPS) is 32.1. The molecule has 1 aromatic rings. The predicted molar refractivity (Wildman–Crippen MR) is 91.5 cm³/mol. The van der Waals surface area contributed by atoms with Crippen LogP contribution >= 0.6 is 0 Å². The van der Waals surface area contributed by atoms with Gasteiger partial charge in [-0.25, -0.2) is 0 Å². The quantitative estimate of drug-likeness (QED) is 0.644. The third kappa shape index (κ3) is 3.43. The van der Waals surface area contributed by atoms with Crippen molar-refractivity contribution in [3.63, 3.8) is 0 Å². The molecule has 116 valence electrons. The second-order valence-electron chi connectivity index (χ2n) is 7.26. The minimum absolute atomic E-state index is 0.716. The first-order valence-corrected chi connectivity index (χ1v) is 8.92. The lowest BCUT2D eigenvalue weighted by Gasteiger charge is -2.37. The van der Waals surface area contributed by atoms with Crippen molar-refractivity contribution in [2.45, 2.75) is 57.3 Å². The van der Waals surface area contributed by atoms with Crippen LogP contribution < -0.4 is 0 Å². The fourth-order valence-corrected chi connectivity index (χ4v) is 4.61. The molecule has 0 unspecified atom stereocenters. The molecular formula is C21H27N. The highest BCUT2D eigenvalue weighted by Gasteiger charge is 2.30. The fourth-order valence-electron chi connectivity index (χ4n) is 4.61. The predicted octanol–water partition coefficient (Wildman–Crippen LogP) is 5.82. The third-order valence-corrected chi connectivity index (χ3v) is 6.10. The van der Waals surface area contributed by atoms with E-state index in [0.29, 0.717) is 5.92 Å². The zero-order valence-electron chi connectivity index (χ0n) is 13.5. The Kier molecular flexibility index (Phi) is 4.98. The van der Waals surface area contributed by atoms with Gasteiger partial charge in [-0.15, -0.1) is 6.58 Å². The molecule has 0 amide bonds. The molecule has 0 radical (unpaired) electrons. The summed E-state index contributed by atoms with van der Waals surface area (Å²) in [5.41, 5.74) is 2.21. The molecule has 3 rings (SSSR count). The Hall–Kier alpha value is -1.55. The van der Waals surface area contributed by atoms with Crippen molar-refractivity contribution < 1.29 is 0 Å². The average molecular weight is 293 g/mol. The van der Waals surface area contributed by atoms with Crippen LogP contribution in [0.25, 0.3) is 0 Å². The molecule has 1 nitrogen and oxygen atoms in total. The molecule has 2 saturated carbocycles. The maximum absolute atomic E-state index is 8.90. The average Bonchev–Trinajstić information content (AvgIpc) is 2.62. The summed E-state index contributed by atoms with van der Waals surface area (Å²) >= 11 is 0. The smallest absolute Gasteiger partial charge is 0.0991 e. The molecule has 0 aliphatic heterocycles. The second-order valence-corrected chi connectivity index (χ2v) is 7.26. The standard InChI is InChI=1S/C21H27N/c1-2-16-3-7-18(8-4-16)20-11-13-21(14-12-20)19-9-5-17(15-22)6-10-19/h2,5-6,9-10,16,18,20-21H,1,3-4,7-8,11-14H2/t16-,18-,20?,21?. The van der Waals surface area contributed by atoms with E-state index < -0.39 is 0 Å². The molecule has 0 atom stereocenters. The van der Waals surface area contributed by atoms with Gasteiger partial charge in [-0.05, 0) is 92.7 Å².